The highest BCUT2D eigenvalue weighted by Crippen LogP contribution is 2.64. The molecule has 0 N–H and O–H groups in total. The van der Waals surface area contributed by atoms with Crippen molar-refractivity contribution >= 4 is 66.7 Å². The molecule has 0 spiro atoms. The summed E-state index contributed by atoms with van der Waals surface area (Å²) >= 11 is 3.43. The van der Waals surface area contributed by atoms with E-state index in [0.29, 0.717) is 0 Å². The number of fused-ring (bicyclic) bond motifs is 2. The molecule has 1 aliphatic heterocycles. The molecule has 1 aliphatic rings. The van der Waals surface area contributed by atoms with Gasteiger partial charge in [0, 0.05) is 22.9 Å². The number of benzene rings is 2. The summed E-state index contributed by atoms with van der Waals surface area (Å²) in [5.41, 5.74) is 2.60. The Bertz CT molecular complexity index is 1040. The van der Waals surface area contributed by atoms with E-state index < -0.39 is 0 Å². The summed E-state index contributed by atoms with van der Waals surface area (Å²) in [4.78, 5) is 11.4. The molecule has 0 fully saturated rings. The van der Waals surface area contributed by atoms with Crippen molar-refractivity contribution in [2.24, 2.45) is 0 Å². The molecule has 0 saturated heterocycles. The average molecular weight is 635 g/mol. The lowest BCUT2D eigenvalue weighted by molar-refractivity contribution is 0.336. The van der Waals surface area contributed by atoms with Crippen LogP contribution in [0.25, 0.3) is 0 Å². The Balaban J connectivity index is 2.27. The third kappa shape index (κ3) is 6.75. The second-order valence-electron chi connectivity index (χ2n) is 8.91. The van der Waals surface area contributed by atoms with Gasteiger partial charge in [-0.2, -0.15) is 0 Å². The van der Waals surface area contributed by atoms with Gasteiger partial charge in [-0.15, -0.1) is 23.5 Å². The van der Waals surface area contributed by atoms with Crippen molar-refractivity contribution in [1.29, 1.82) is 0 Å². The zero-order chi connectivity index (χ0) is 28.0. The van der Waals surface area contributed by atoms with Gasteiger partial charge in [0.25, 0.3) is 0 Å². The molecule has 0 radical (unpaired) electrons. The van der Waals surface area contributed by atoms with Gasteiger partial charge >= 0.3 is 0 Å². The summed E-state index contributed by atoms with van der Waals surface area (Å²) in [5, 5.41) is 0. The van der Waals surface area contributed by atoms with Crippen molar-refractivity contribution in [1.82, 2.24) is 9.80 Å². The lowest BCUT2D eigenvalue weighted by atomic mass is 10.1. The smallest absolute Gasteiger partial charge is 0.177 e. The van der Waals surface area contributed by atoms with Crippen LogP contribution in [0.15, 0.2) is 29.4 Å². The summed E-state index contributed by atoms with van der Waals surface area (Å²) in [5.74, 6) is 3.23. The molecule has 2 aromatic carbocycles. The topological polar surface area (TPSA) is 43.4 Å². The van der Waals surface area contributed by atoms with E-state index >= 15 is 0 Å². The molecular formula is C26H38N2O4S6. The van der Waals surface area contributed by atoms with Crippen LogP contribution in [0.3, 0.4) is 0 Å². The highest BCUT2D eigenvalue weighted by molar-refractivity contribution is 8.79. The largest absolute Gasteiger partial charge is 0.492 e. The summed E-state index contributed by atoms with van der Waals surface area (Å²) in [6.07, 6.45) is 6.04. The lowest BCUT2D eigenvalue weighted by Gasteiger charge is -2.28. The van der Waals surface area contributed by atoms with Crippen molar-refractivity contribution in [2.45, 2.75) is 42.2 Å². The number of rotatable bonds is 12. The fourth-order valence-electron chi connectivity index (χ4n) is 4.17. The van der Waals surface area contributed by atoms with Crippen LogP contribution < -0.4 is 18.9 Å². The molecular weight excluding hydrogens is 597 g/mol. The van der Waals surface area contributed by atoms with Gasteiger partial charge in [-0.05, 0) is 86.3 Å². The first-order valence-electron chi connectivity index (χ1n) is 12.0. The molecule has 0 aliphatic carbocycles. The highest BCUT2D eigenvalue weighted by Gasteiger charge is 2.32. The first-order valence-corrected chi connectivity index (χ1v) is 18.7. The Morgan fingerprint density at radius 2 is 0.842 bits per heavy atom. The van der Waals surface area contributed by atoms with Crippen LogP contribution in [0.2, 0.25) is 0 Å². The summed E-state index contributed by atoms with van der Waals surface area (Å²) in [6, 6.07) is 0. The molecule has 0 saturated carbocycles. The van der Waals surface area contributed by atoms with E-state index in [1.54, 1.807) is 95.1 Å². The van der Waals surface area contributed by atoms with E-state index in [2.05, 4.69) is 50.5 Å². The van der Waals surface area contributed by atoms with Gasteiger partial charge in [0.15, 0.2) is 23.0 Å². The highest BCUT2D eigenvalue weighted by atomic mass is 33.1. The monoisotopic (exact) mass is 634 g/mol. The first kappa shape index (κ1) is 32.2. The summed E-state index contributed by atoms with van der Waals surface area (Å²) in [7, 11) is 22.5. The third-order valence-corrected chi connectivity index (χ3v) is 13.0. The van der Waals surface area contributed by atoms with Crippen molar-refractivity contribution in [3.8, 4) is 23.0 Å². The number of thioether (sulfide) groups is 2. The molecule has 38 heavy (non-hydrogen) atoms. The number of hydrogen-bond donors (Lipinski definition) is 0. The Hall–Kier alpha value is -0.340. The first-order chi connectivity index (χ1) is 18.3. The van der Waals surface area contributed by atoms with Crippen LogP contribution in [-0.4, -0.2) is 92.0 Å². The van der Waals surface area contributed by atoms with Crippen LogP contribution in [0.4, 0.5) is 0 Å². The molecule has 3 rings (SSSR count). The molecule has 0 unspecified atom stereocenters. The van der Waals surface area contributed by atoms with Crippen LogP contribution >= 0.6 is 66.7 Å². The maximum atomic E-state index is 6.02. The molecule has 12 heteroatoms. The second kappa shape index (κ2) is 15.0. The van der Waals surface area contributed by atoms with Gasteiger partial charge in [-0.3, -0.25) is 0 Å². The fraction of sp³-hybridized carbons (Fsp3) is 0.538. The molecule has 0 atom stereocenters. The summed E-state index contributed by atoms with van der Waals surface area (Å²) in [6.45, 7) is 1.88. The van der Waals surface area contributed by atoms with Gasteiger partial charge in [0.05, 0.1) is 48.0 Å². The maximum Gasteiger partial charge on any atom is 0.177 e. The van der Waals surface area contributed by atoms with Gasteiger partial charge in [0.2, 0.25) is 0 Å². The normalized spacial score (nSPS) is 13.2. The lowest BCUT2D eigenvalue weighted by Crippen LogP contribution is -2.16. The predicted octanol–water partition coefficient (Wildman–Crippen LogP) is 7.29. The number of nitrogens with zero attached hydrogens (tertiary/aromatic N) is 2. The minimum atomic E-state index is 0.801. The molecule has 6 nitrogen and oxygen atoms in total. The molecule has 0 aromatic heterocycles. The Labute approximate surface area is 252 Å². The van der Waals surface area contributed by atoms with E-state index in [4.69, 9.17) is 18.9 Å². The molecule has 1 heterocycles. The summed E-state index contributed by atoms with van der Waals surface area (Å²) < 4.78 is 24.0. The maximum absolute atomic E-state index is 6.02. The van der Waals surface area contributed by atoms with Gasteiger partial charge in [0.1, 0.15) is 0 Å². The van der Waals surface area contributed by atoms with Gasteiger partial charge in [-0.1, -0.05) is 21.6 Å². The SMILES string of the molecule is COc1c(OC)c2c(c(CCN(C)C)c1SC)SSc1c(OC)c(OC)c(SC)c(CCN(C)C)c1SS2. The Morgan fingerprint density at radius 1 is 0.526 bits per heavy atom. The molecule has 0 bridgehead atoms. The Morgan fingerprint density at radius 3 is 1.11 bits per heavy atom. The van der Waals surface area contributed by atoms with Crippen LogP contribution in [0.1, 0.15) is 11.1 Å². The van der Waals surface area contributed by atoms with Crippen molar-refractivity contribution in [3.05, 3.63) is 11.1 Å². The number of hydrogen-bond acceptors (Lipinski definition) is 12. The third-order valence-electron chi connectivity index (χ3n) is 6.01. The number of ether oxygens (including phenoxy) is 4. The minimum absolute atomic E-state index is 0.801. The van der Waals surface area contributed by atoms with E-state index in [0.717, 1.165) is 68.5 Å². The quantitative estimate of drug-likeness (QED) is 0.174. The number of methoxy groups -OCH3 is 4. The van der Waals surface area contributed by atoms with Gasteiger partial charge < -0.3 is 28.7 Å². The fourth-order valence-corrected chi connectivity index (χ4v) is 12.3. The Kier molecular flexibility index (Phi) is 12.7. The van der Waals surface area contributed by atoms with E-state index in [1.807, 2.05) is 0 Å². The van der Waals surface area contributed by atoms with Crippen LogP contribution in [0, 0.1) is 0 Å². The van der Waals surface area contributed by atoms with Crippen molar-refractivity contribution in [2.75, 3.05) is 82.2 Å². The zero-order valence-corrected chi connectivity index (χ0v) is 28.7. The molecule has 0 amide bonds. The van der Waals surface area contributed by atoms with Crippen molar-refractivity contribution < 1.29 is 18.9 Å². The van der Waals surface area contributed by atoms with E-state index in [-0.39, 0.29) is 0 Å². The molecule has 2 aromatic rings. The standard InChI is InChI=1S/C26H38N2O4S6/c1-27(2)13-11-15-21(33-9)17(29-5)19(31-7)25-23(15)35-38-26-20(32-8)18(30-6)22(34-10)16(12-14-28(3)4)24(26)36-37-25/h11-14H2,1-10H3. The van der Waals surface area contributed by atoms with E-state index in [9.17, 15) is 0 Å². The minimum Gasteiger partial charge on any atom is -0.492 e. The van der Waals surface area contributed by atoms with Gasteiger partial charge in [-0.25, -0.2) is 0 Å². The van der Waals surface area contributed by atoms with E-state index in [1.165, 1.54) is 20.9 Å². The van der Waals surface area contributed by atoms with Crippen LogP contribution in [-0.2, 0) is 12.8 Å². The average Bonchev–Trinajstić information content (AvgIpc) is 2.89. The van der Waals surface area contributed by atoms with Crippen LogP contribution in [0.5, 0.6) is 23.0 Å². The zero-order valence-electron chi connectivity index (χ0n) is 23.8. The number of likely N-dealkylation sites (N-methyl/N-ethyl adjacent to an activating group) is 2. The predicted molar refractivity (Wildman–Crippen MR) is 171 cm³/mol. The molecule has 212 valence electrons. The second-order valence-corrected chi connectivity index (χ2v) is 14.8. The van der Waals surface area contributed by atoms with Crippen molar-refractivity contribution in [3.63, 3.8) is 0 Å².